The number of hydrogen-bond donors (Lipinski definition) is 1. The van der Waals surface area contributed by atoms with E-state index < -0.39 is 11.9 Å². The molecule has 0 atom stereocenters. The Bertz CT molecular complexity index is 1130. The zero-order valence-corrected chi connectivity index (χ0v) is 16.3. The molecular formula is C22H20N2O5. The maximum Gasteiger partial charge on any atom is 0.337 e. The Hall–Kier alpha value is -3.87. The minimum absolute atomic E-state index is 0.265. The Kier molecular flexibility index (Phi) is 5.78. The lowest BCUT2D eigenvalue weighted by molar-refractivity contribution is 0.0592. The van der Waals surface area contributed by atoms with Gasteiger partial charge in [0.1, 0.15) is 0 Å². The van der Waals surface area contributed by atoms with Crippen molar-refractivity contribution in [3.05, 3.63) is 87.8 Å². The second-order valence-corrected chi connectivity index (χ2v) is 6.30. The zero-order chi connectivity index (χ0) is 21.0. The van der Waals surface area contributed by atoms with Gasteiger partial charge in [0.15, 0.2) is 0 Å². The molecule has 0 saturated heterocycles. The van der Waals surface area contributed by atoms with Crippen LogP contribution < -0.4 is 10.9 Å². The standard InChI is InChI=1S/C22H20N2O5/c1-14-10-18(23-17-8-4-6-15(11-17)21(26)28-2)13-20(25)24(14)19-9-5-7-16(12-19)22(27)29-3/h4-13,23H,1-3H3. The number of esters is 2. The van der Waals surface area contributed by atoms with Gasteiger partial charge in [0.2, 0.25) is 0 Å². The van der Waals surface area contributed by atoms with Crippen LogP contribution in [0.2, 0.25) is 0 Å². The zero-order valence-electron chi connectivity index (χ0n) is 16.3. The number of anilines is 2. The molecule has 0 saturated carbocycles. The van der Waals surface area contributed by atoms with Crippen molar-refractivity contribution in [3.8, 4) is 5.69 Å². The van der Waals surface area contributed by atoms with Gasteiger partial charge >= 0.3 is 11.9 Å². The molecule has 0 aliphatic heterocycles. The second kappa shape index (κ2) is 8.43. The molecule has 0 amide bonds. The summed E-state index contributed by atoms with van der Waals surface area (Å²) in [6.07, 6.45) is 0. The Balaban J connectivity index is 1.94. The Morgan fingerprint density at radius 2 is 1.45 bits per heavy atom. The number of benzene rings is 2. The van der Waals surface area contributed by atoms with Crippen molar-refractivity contribution in [2.45, 2.75) is 6.92 Å². The van der Waals surface area contributed by atoms with E-state index in [1.54, 1.807) is 61.5 Å². The van der Waals surface area contributed by atoms with Crippen LogP contribution >= 0.6 is 0 Å². The summed E-state index contributed by atoms with van der Waals surface area (Å²) in [5, 5.41) is 3.13. The Morgan fingerprint density at radius 3 is 2.07 bits per heavy atom. The number of nitrogens with zero attached hydrogens (tertiary/aromatic N) is 1. The van der Waals surface area contributed by atoms with Crippen LogP contribution in [0.25, 0.3) is 5.69 Å². The third-order valence-corrected chi connectivity index (χ3v) is 4.31. The van der Waals surface area contributed by atoms with Gasteiger partial charge in [-0.15, -0.1) is 0 Å². The van der Waals surface area contributed by atoms with Gasteiger partial charge in [-0.3, -0.25) is 9.36 Å². The van der Waals surface area contributed by atoms with Gasteiger partial charge in [-0.05, 0) is 49.4 Å². The summed E-state index contributed by atoms with van der Waals surface area (Å²) < 4.78 is 11.0. The molecule has 0 aliphatic rings. The number of hydrogen-bond acceptors (Lipinski definition) is 6. The van der Waals surface area contributed by atoms with Crippen LogP contribution in [0.1, 0.15) is 26.4 Å². The van der Waals surface area contributed by atoms with Crippen molar-refractivity contribution in [1.82, 2.24) is 4.57 Å². The summed E-state index contributed by atoms with van der Waals surface area (Å²) >= 11 is 0. The minimum atomic E-state index is -0.471. The van der Waals surface area contributed by atoms with E-state index in [2.05, 4.69) is 5.32 Å². The smallest absolute Gasteiger partial charge is 0.337 e. The molecule has 0 unspecified atom stereocenters. The van der Waals surface area contributed by atoms with Crippen molar-refractivity contribution < 1.29 is 19.1 Å². The first kappa shape index (κ1) is 19.9. The van der Waals surface area contributed by atoms with Crippen molar-refractivity contribution in [2.24, 2.45) is 0 Å². The third kappa shape index (κ3) is 4.35. The molecule has 1 heterocycles. The van der Waals surface area contributed by atoms with E-state index in [9.17, 15) is 14.4 Å². The number of rotatable bonds is 5. The van der Waals surface area contributed by atoms with Gasteiger partial charge in [0, 0.05) is 28.8 Å². The predicted octanol–water partition coefficient (Wildman–Crippen LogP) is 3.46. The molecule has 1 N–H and O–H groups in total. The highest BCUT2D eigenvalue weighted by Crippen LogP contribution is 2.20. The molecule has 0 bridgehead atoms. The van der Waals surface area contributed by atoms with E-state index in [1.165, 1.54) is 24.9 Å². The molecule has 0 radical (unpaired) electrons. The van der Waals surface area contributed by atoms with E-state index in [0.29, 0.717) is 33.9 Å². The van der Waals surface area contributed by atoms with Crippen LogP contribution in [-0.4, -0.2) is 30.7 Å². The Morgan fingerprint density at radius 1 is 0.828 bits per heavy atom. The number of aromatic nitrogens is 1. The number of aryl methyl sites for hydroxylation is 1. The second-order valence-electron chi connectivity index (χ2n) is 6.30. The molecule has 3 rings (SSSR count). The van der Waals surface area contributed by atoms with Crippen molar-refractivity contribution in [3.63, 3.8) is 0 Å². The van der Waals surface area contributed by atoms with E-state index in [0.717, 1.165) is 0 Å². The molecular weight excluding hydrogens is 372 g/mol. The van der Waals surface area contributed by atoms with Crippen LogP contribution in [-0.2, 0) is 9.47 Å². The number of carbonyl (C=O) groups excluding carboxylic acids is 2. The van der Waals surface area contributed by atoms with Crippen LogP contribution in [0.5, 0.6) is 0 Å². The third-order valence-electron chi connectivity index (χ3n) is 4.31. The van der Waals surface area contributed by atoms with Crippen LogP contribution in [0.15, 0.2) is 65.5 Å². The van der Waals surface area contributed by atoms with Crippen LogP contribution in [0.4, 0.5) is 11.4 Å². The maximum atomic E-state index is 12.8. The normalized spacial score (nSPS) is 10.3. The van der Waals surface area contributed by atoms with Crippen LogP contribution in [0.3, 0.4) is 0 Å². The van der Waals surface area contributed by atoms with Gasteiger partial charge in [-0.25, -0.2) is 9.59 Å². The SMILES string of the molecule is COC(=O)c1cccc(Nc2cc(C)n(-c3cccc(C(=O)OC)c3)c(=O)c2)c1. The quantitative estimate of drug-likeness (QED) is 0.669. The topological polar surface area (TPSA) is 86.6 Å². The summed E-state index contributed by atoms with van der Waals surface area (Å²) in [6, 6.07) is 16.7. The fraction of sp³-hybridized carbons (Fsp3) is 0.136. The van der Waals surface area contributed by atoms with Crippen LogP contribution in [0, 0.1) is 6.92 Å². The molecule has 0 aliphatic carbocycles. The molecule has 148 valence electrons. The summed E-state index contributed by atoms with van der Waals surface area (Å²) in [5.74, 6) is -0.910. The average molecular weight is 392 g/mol. The molecule has 2 aromatic carbocycles. The number of methoxy groups -OCH3 is 2. The lowest BCUT2D eigenvalue weighted by Crippen LogP contribution is -2.20. The molecule has 0 fully saturated rings. The largest absolute Gasteiger partial charge is 0.465 e. The van der Waals surface area contributed by atoms with Gasteiger partial charge in [0.25, 0.3) is 5.56 Å². The van der Waals surface area contributed by atoms with E-state index in [1.807, 2.05) is 0 Å². The van der Waals surface area contributed by atoms with Gasteiger partial charge in [0.05, 0.1) is 25.3 Å². The number of ether oxygens (including phenoxy) is 2. The van der Waals surface area contributed by atoms with E-state index in [-0.39, 0.29) is 5.56 Å². The van der Waals surface area contributed by atoms with E-state index in [4.69, 9.17) is 9.47 Å². The summed E-state index contributed by atoms with van der Waals surface area (Å²) in [4.78, 5) is 36.2. The first-order valence-corrected chi connectivity index (χ1v) is 8.81. The maximum absolute atomic E-state index is 12.8. The summed E-state index contributed by atoms with van der Waals surface area (Å²) in [7, 11) is 2.63. The molecule has 3 aromatic rings. The average Bonchev–Trinajstić information content (AvgIpc) is 2.72. The molecule has 29 heavy (non-hydrogen) atoms. The van der Waals surface area contributed by atoms with E-state index >= 15 is 0 Å². The highest BCUT2D eigenvalue weighted by molar-refractivity contribution is 5.91. The van der Waals surface area contributed by atoms with Crippen molar-refractivity contribution >= 4 is 23.3 Å². The lowest BCUT2D eigenvalue weighted by Gasteiger charge is -2.14. The fourth-order valence-corrected chi connectivity index (χ4v) is 3.00. The highest BCUT2D eigenvalue weighted by Gasteiger charge is 2.11. The molecule has 7 heteroatoms. The first-order chi connectivity index (χ1) is 13.9. The molecule has 0 spiro atoms. The lowest BCUT2D eigenvalue weighted by atomic mass is 10.1. The summed E-state index contributed by atoms with van der Waals surface area (Å²) in [5.41, 5.74) is 2.96. The van der Waals surface area contributed by atoms with Crippen molar-refractivity contribution in [2.75, 3.05) is 19.5 Å². The van der Waals surface area contributed by atoms with Gasteiger partial charge < -0.3 is 14.8 Å². The van der Waals surface area contributed by atoms with Gasteiger partial charge in [-0.2, -0.15) is 0 Å². The monoisotopic (exact) mass is 392 g/mol. The molecule has 7 nitrogen and oxygen atoms in total. The first-order valence-electron chi connectivity index (χ1n) is 8.81. The Labute approximate surface area is 167 Å². The number of pyridine rings is 1. The fourth-order valence-electron chi connectivity index (χ4n) is 3.00. The van der Waals surface area contributed by atoms with Gasteiger partial charge in [-0.1, -0.05) is 12.1 Å². The summed E-state index contributed by atoms with van der Waals surface area (Å²) in [6.45, 7) is 1.79. The molecule has 1 aromatic heterocycles. The van der Waals surface area contributed by atoms with Crippen molar-refractivity contribution in [1.29, 1.82) is 0 Å². The highest BCUT2D eigenvalue weighted by atomic mass is 16.5. The predicted molar refractivity (Wildman–Crippen MR) is 109 cm³/mol. The number of nitrogens with one attached hydrogen (secondary N) is 1. The minimum Gasteiger partial charge on any atom is -0.465 e. The number of carbonyl (C=O) groups is 2.